The lowest BCUT2D eigenvalue weighted by atomic mass is 10.2. The van der Waals surface area contributed by atoms with Gasteiger partial charge in [0.05, 0.1) is 18.5 Å². The summed E-state index contributed by atoms with van der Waals surface area (Å²) in [5.41, 5.74) is 2.62. The Bertz CT molecular complexity index is 585. The fourth-order valence-corrected chi connectivity index (χ4v) is 1.36. The van der Waals surface area contributed by atoms with E-state index in [9.17, 15) is 19.7 Å². The number of nitro groups is 1. The number of anilines is 1. The summed E-state index contributed by atoms with van der Waals surface area (Å²) < 4.78 is 4.32. The lowest BCUT2D eigenvalue weighted by Gasteiger charge is -2.05. The monoisotopic (exact) mass is 294 g/mol. The first-order valence-corrected chi connectivity index (χ1v) is 5.84. The smallest absolute Gasteiger partial charge is 0.427 e. The summed E-state index contributed by atoms with van der Waals surface area (Å²) in [6.45, 7) is 1.54. The van der Waals surface area contributed by atoms with Gasteiger partial charge in [-0.25, -0.2) is 10.2 Å². The van der Waals surface area contributed by atoms with Crippen LogP contribution in [0.3, 0.4) is 0 Å². The second-order valence-corrected chi connectivity index (χ2v) is 3.98. The lowest BCUT2D eigenvalue weighted by Crippen LogP contribution is -2.21. The van der Waals surface area contributed by atoms with Crippen LogP contribution in [0.5, 0.6) is 0 Å². The van der Waals surface area contributed by atoms with Gasteiger partial charge in [-0.05, 0) is 13.0 Å². The van der Waals surface area contributed by atoms with Crippen molar-refractivity contribution in [2.75, 3.05) is 12.4 Å². The second-order valence-electron chi connectivity index (χ2n) is 3.98. The predicted octanol–water partition coefficient (Wildman–Crippen LogP) is 1.66. The molecule has 0 fully saturated rings. The number of carbonyl (C=O) groups is 2. The Morgan fingerprint density at radius 1 is 1.43 bits per heavy atom. The van der Waals surface area contributed by atoms with Gasteiger partial charge in [0.1, 0.15) is 0 Å². The molecule has 0 aliphatic carbocycles. The summed E-state index contributed by atoms with van der Waals surface area (Å²) in [7, 11) is 1.19. The molecule has 1 aromatic rings. The first-order valence-electron chi connectivity index (χ1n) is 5.84. The molecule has 0 saturated carbocycles. The largest absolute Gasteiger partial charge is 0.452 e. The van der Waals surface area contributed by atoms with E-state index in [0.29, 0.717) is 11.4 Å². The quantitative estimate of drug-likeness (QED) is 0.485. The van der Waals surface area contributed by atoms with Crippen LogP contribution in [-0.2, 0) is 9.53 Å². The first kappa shape index (κ1) is 16.1. The van der Waals surface area contributed by atoms with Crippen LogP contribution < -0.4 is 10.7 Å². The number of hydrazone groups is 1. The summed E-state index contributed by atoms with van der Waals surface area (Å²) in [4.78, 5) is 32.6. The summed E-state index contributed by atoms with van der Waals surface area (Å²) in [6.07, 6.45) is -0.819. The fourth-order valence-electron chi connectivity index (χ4n) is 1.36. The number of hydrogen-bond donors (Lipinski definition) is 2. The third kappa shape index (κ3) is 5.68. The second kappa shape index (κ2) is 7.58. The number of non-ortho nitro benzene ring substituents is 1. The molecule has 0 aromatic heterocycles. The Hall–Kier alpha value is -2.97. The van der Waals surface area contributed by atoms with Crippen molar-refractivity contribution in [3.05, 3.63) is 34.4 Å². The zero-order valence-electron chi connectivity index (χ0n) is 11.5. The number of carbonyl (C=O) groups excluding carboxylic acids is 2. The molecule has 21 heavy (non-hydrogen) atoms. The zero-order valence-corrected chi connectivity index (χ0v) is 11.5. The highest BCUT2D eigenvalue weighted by atomic mass is 16.6. The molecule has 0 spiro atoms. The van der Waals surface area contributed by atoms with Gasteiger partial charge < -0.3 is 10.1 Å². The van der Waals surface area contributed by atoms with E-state index in [0.717, 1.165) is 0 Å². The number of hydrogen-bond acceptors (Lipinski definition) is 6. The molecule has 112 valence electrons. The van der Waals surface area contributed by atoms with E-state index in [-0.39, 0.29) is 12.1 Å². The molecule has 0 saturated heterocycles. The van der Waals surface area contributed by atoms with E-state index in [2.05, 4.69) is 20.6 Å². The van der Waals surface area contributed by atoms with E-state index >= 15 is 0 Å². The van der Waals surface area contributed by atoms with Crippen LogP contribution in [0.25, 0.3) is 0 Å². The van der Waals surface area contributed by atoms with Gasteiger partial charge >= 0.3 is 6.09 Å². The van der Waals surface area contributed by atoms with Crippen LogP contribution in [-0.4, -0.2) is 29.7 Å². The fraction of sp³-hybridized carbons (Fsp3) is 0.250. The molecule has 2 N–H and O–H groups in total. The molecule has 0 aliphatic heterocycles. The van der Waals surface area contributed by atoms with Crippen molar-refractivity contribution in [2.45, 2.75) is 13.3 Å². The molecule has 1 aromatic carbocycles. The Labute approximate surface area is 120 Å². The van der Waals surface area contributed by atoms with E-state index < -0.39 is 16.9 Å². The van der Waals surface area contributed by atoms with Crippen molar-refractivity contribution in [1.29, 1.82) is 0 Å². The standard InChI is InChI=1S/C12H14N4O5/c1-8(14-15-12(18)21-2)6-11(17)13-9-4-3-5-10(7-9)16(19)20/h3-5,7H,6H2,1-2H3,(H,13,17)(H,15,18)/b14-8+. The maximum atomic E-state index is 11.7. The van der Waals surface area contributed by atoms with Gasteiger partial charge in [-0.2, -0.15) is 5.10 Å². The molecule has 9 nitrogen and oxygen atoms in total. The molecule has 1 rings (SSSR count). The van der Waals surface area contributed by atoms with Gasteiger partial charge in [0.15, 0.2) is 0 Å². The van der Waals surface area contributed by atoms with Crippen LogP contribution in [0.15, 0.2) is 29.4 Å². The molecular formula is C12H14N4O5. The van der Waals surface area contributed by atoms with E-state index in [1.165, 1.54) is 31.4 Å². The average molecular weight is 294 g/mol. The molecule has 0 bridgehead atoms. The Kier molecular flexibility index (Phi) is 5.80. The van der Waals surface area contributed by atoms with Crippen LogP contribution in [0, 0.1) is 10.1 Å². The summed E-state index contributed by atoms with van der Waals surface area (Å²) in [6, 6.07) is 5.57. The van der Waals surface area contributed by atoms with Crippen molar-refractivity contribution in [2.24, 2.45) is 5.10 Å². The first-order chi connectivity index (χ1) is 9.92. The number of methoxy groups -OCH3 is 1. The topological polar surface area (TPSA) is 123 Å². The highest BCUT2D eigenvalue weighted by molar-refractivity contribution is 6.05. The van der Waals surface area contributed by atoms with Gasteiger partial charge in [-0.15, -0.1) is 0 Å². The molecular weight excluding hydrogens is 280 g/mol. The van der Waals surface area contributed by atoms with Gasteiger partial charge in [0.2, 0.25) is 5.91 Å². The minimum Gasteiger partial charge on any atom is -0.452 e. The predicted molar refractivity (Wildman–Crippen MR) is 75.0 cm³/mol. The van der Waals surface area contributed by atoms with Crippen molar-refractivity contribution in [3.8, 4) is 0 Å². The zero-order chi connectivity index (χ0) is 15.8. The molecule has 0 atom stereocenters. The maximum Gasteiger partial charge on any atom is 0.427 e. The average Bonchev–Trinajstić information content (AvgIpc) is 2.44. The van der Waals surface area contributed by atoms with Crippen LogP contribution in [0.4, 0.5) is 16.2 Å². The minimum atomic E-state index is -0.742. The Morgan fingerprint density at radius 2 is 2.14 bits per heavy atom. The SMILES string of the molecule is COC(=O)N/N=C(\C)CC(=O)Nc1cccc([N+](=O)[O-])c1. The number of nitro benzene ring substituents is 1. The summed E-state index contributed by atoms with van der Waals surface area (Å²) in [5.74, 6) is -0.414. The minimum absolute atomic E-state index is 0.0767. The molecule has 0 heterocycles. The van der Waals surface area contributed by atoms with Crippen molar-refractivity contribution >= 4 is 29.1 Å². The van der Waals surface area contributed by atoms with Gasteiger partial charge in [-0.1, -0.05) is 6.07 Å². The number of nitrogens with zero attached hydrogens (tertiary/aromatic N) is 2. The van der Waals surface area contributed by atoms with E-state index in [1.54, 1.807) is 6.92 Å². The normalized spacial score (nSPS) is 10.7. The van der Waals surface area contributed by atoms with Gasteiger partial charge in [0.25, 0.3) is 5.69 Å². The summed E-state index contributed by atoms with van der Waals surface area (Å²) >= 11 is 0. The van der Waals surface area contributed by atoms with Crippen LogP contribution >= 0.6 is 0 Å². The number of benzene rings is 1. The maximum absolute atomic E-state index is 11.7. The lowest BCUT2D eigenvalue weighted by molar-refractivity contribution is -0.384. The van der Waals surface area contributed by atoms with Crippen molar-refractivity contribution in [1.82, 2.24) is 5.43 Å². The number of nitrogens with one attached hydrogen (secondary N) is 2. The summed E-state index contributed by atoms with van der Waals surface area (Å²) in [5, 5.41) is 16.8. The van der Waals surface area contributed by atoms with Gasteiger partial charge in [-0.3, -0.25) is 14.9 Å². The number of rotatable bonds is 5. The molecule has 9 heteroatoms. The van der Waals surface area contributed by atoms with Crippen molar-refractivity contribution < 1.29 is 19.2 Å². The Balaban J connectivity index is 2.59. The molecule has 0 aliphatic rings. The number of amides is 2. The molecule has 0 unspecified atom stereocenters. The number of ether oxygens (including phenoxy) is 1. The highest BCUT2D eigenvalue weighted by Crippen LogP contribution is 2.17. The van der Waals surface area contributed by atoms with E-state index in [1.807, 2.05) is 0 Å². The van der Waals surface area contributed by atoms with Gasteiger partial charge in [0, 0.05) is 23.5 Å². The van der Waals surface area contributed by atoms with Crippen LogP contribution in [0.2, 0.25) is 0 Å². The van der Waals surface area contributed by atoms with Crippen molar-refractivity contribution in [3.63, 3.8) is 0 Å². The molecule has 0 radical (unpaired) electrons. The van der Waals surface area contributed by atoms with Crippen LogP contribution in [0.1, 0.15) is 13.3 Å². The Morgan fingerprint density at radius 3 is 2.76 bits per heavy atom. The molecule has 2 amide bonds. The third-order valence-corrected chi connectivity index (χ3v) is 2.28. The highest BCUT2D eigenvalue weighted by Gasteiger charge is 2.09. The van der Waals surface area contributed by atoms with E-state index in [4.69, 9.17) is 0 Å². The third-order valence-electron chi connectivity index (χ3n) is 2.28.